The highest BCUT2D eigenvalue weighted by Crippen LogP contribution is 2.58. The molecule has 2 rings (SSSR count). The zero-order valence-electron chi connectivity index (χ0n) is 11.1. The van der Waals surface area contributed by atoms with Crippen LogP contribution in [0.3, 0.4) is 0 Å². The first kappa shape index (κ1) is 13.3. The van der Waals surface area contributed by atoms with Gasteiger partial charge in [-0.25, -0.2) is 0 Å². The molecule has 5 heteroatoms. The van der Waals surface area contributed by atoms with Gasteiger partial charge >= 0.3 is 5.97 Å². The lowest BCUT2D eigenvalue weighted by molar-refractivity contribution is -0.140. The predicted molar refractivity (Wildman–Crippen MR) is 65.0 cm³/mol. The number of carbonyl (C=O) groups excluding carboxylic acids is 1. The molecular formula is C13H21NO4. The van der Waals surface area contributed by atoms with Crippen LogP contribution in [0, 0.1) is 17.3 Å². The third-order valence-electron chi connectivity index (χ3n) is 4.44. The van der Waals surface area contributed by atoms with E-state index < -0.39 is 23.2 Å². The number of ether oxygens (including phenoxy) is 1. The van der Waals surface area contributed by atoms with Gasteiger partial charge in [0.05, 0.1) is 17.9 Å². The maximum absolute atomic E-state index is 12.1. The van der Waals surface area contributed by atoms with Crippen molar-refractivity contribution in [3.63, 3.8) is 0 Å². The number of nitrogens with one attached hydrogen (secondary N) is 1. The molecule has 4 atom stereocenters. The Morgan fingerprint density at radius 3 is 2.39 bits per heavy atom. The topological polar surface area (TPSA) is 75.6 Å². The Bertz CT molecular complexity index is 366. The molecule has 0 aromatic rings. The maximum atomic E-state index is 12.1. The number of carboxylic acids is 1. The Morgan fingerprint density at radius 2 is 1.94 bits per heavy atom. The summed E-state index contributed by atoms with van der Waals surface area (Å²) in [5, 5.41) is 12.0. The van der Waals surface area contributed by atoms with E-state index in [2.05, 4.69) is 5.32 Å². The molecule has 18 heavy (non-hydrogen) atoms. The minimum Gasteiger partial charge on any atom is -0.481 e. The number of carboxylic acid groups (broad SMARTS) is 1. The summed E-state index contributed by atoms with van der Waals surface area (Å²) < 4.78 is 5.25. The second kappa shape index (κ2) is 4.53. The Labute approximate surface area is 107 Å². The summed E-state index contributed by atoms with van der Waals surface area (Å²) in [4.78, 5) is 23.1. The monoisotopic (exact) mass is 255 g/mol. The van der Waals surface area contributed by atoms with E-state index >= 15 is 0 Å². The molecule has 2 aliphatic rings. The zero-order chi connectivity index (χ0) is 13.5. The normalized spacial score (nSPS) is 37.3. The maximum Gasteiger partial charge on any atom is 0.307 e. The smallest absolute Gasteiger partial charge is 0.307 e. The summed E-state index contributed by atoms with van der Waals surface area (Å²) in [7, 11) is 1.68. The Morgan fingerprint density at radius 1 is 1.28 bits per heavy atom. The Hall–Kier alpha value is -1.10. The van der Waals surface area contributed by atoms with Crippen molar-refractivity contribution in [1.29, 1.82) is 0 Å². The van der Waals surface area contributed by atoms with Crippen LogP contribution >= 0.6 is 0 Å². The highest BCUT2D eigenvalue weighted by atomic mass is 16.5. The Balaban J connectivity index is 1.89. The van der Waals surface area contributed by atoms with Gasteiger partial charge in [0.1, 0.15) is 0 Å². The second-order valence-corrected chi connectivity index (χ2v) is 5.99. The molecule has 102 valence electrons. The lowest BCUT2D eigenvalue weighted by atomic mass is 10.1. The van der Waals surface area contributed by atoms with Gasteiger partial charge in [0.25, 0.3) is 0 Å². The van der Waals surface area contributed by atoms with E-state index in [9.17, 15) is 9.59 Å². The molecule has 0 aromatic carbocycles. The van der Waals surface area contributed by atoms with Crippen LogP contribution in [0.15, 0.2) is 0 Å². The van der Waals surface area contributed by atoms with E-state index in [1.54, 1.807) is 7.11 Å². The SMILES string of the molecule is COC1CCC(NC(=O)[C@@H]2[C@H](C(=O)O)C2(C)C)C1. The van der Waals surface area contributed by atoms with Crippen LogP contribution in [-0.2, 0) is 14.3 Å². The van der Waals surface area contributed by atoms with Gasteiger partial charge in [-0.3, -0.25) is 9.59 Å². The van der Waals surface area contributed by atoms with Gasteiger partial charge in [0.2, 0.25) is 5.91 Å². The number of hydrogen-bond donors (Lipinski definition) is 2. The van der Waals surface area contributed by atoms with Crippen LogP contribution in [0.1, 0.15) is 33.1 Å². The van der Waals surface area contributed by atoms with Gasteiger partial charge in [-0.05, 0) is 24.7 Å². The first-order valence-electron chi connectivity index (χ1n) is 6.44. The van der Waals surface area contributed by atoms with E-state index in [0.717, 1.165) is 19.3 Å². The summed E-state index contributed by atoms with van der Waals surface area (Å²) in [6, 6.07) is 0.133. The molecule has 2 saturated carbocycles. The fraction of sp³-hybridized carbons (Fsp3) is 0.846. The predicted octanol–water partition coefficient (Wildman–Crippen LogP) is 1.03. The number of amides is 1. The third-order valence-corrected chi connectivity index (χ3v) is 4.44. The molecule has 0 saturated heterocycles. The molecule has 1 amide bonds. The summed E-state index contributed by atoms with van der Waals surface area (Å²) in [6.07, 6.45) is 2.91. The molecule has 5 nitrogen and oxygen atoms in total. The number of methoxy groups -OCH3 is 1. The van der Waals surface area contributed by atoms with Crippen LogP contribution in [0.2, 0.25) is 0 Å². The molecule has 0 radical (unpaired) electrons. The molecule has 2 aliphatic carbocycles. The first-order valence-corrected chi connectivity index (χ1v) is 6.44. The standard InChI is InChI=1S/C13H21NO4/c1-13(2)9(10(13)12(16)17)11(15)14-7-4-5-8(6-7)18-3/h7-10H,4-6H2,1-3H3,(H,14,15)(H,16,17)/t7?,8?,9-,10+/m0/s1. The molecule has 2 unspecified atom stereocenters. The van der Waals surface area contributed by atoms with Gasteiger partial charge in [0, 0.05) is 13.2 Å². The van der Waals surface area contributed by atoms with Crippen LogP contribution in [0.4, 0.5) is 0 Å². The van der Waals surface area contributed by atoms with Crippen LogP contribution in [0.5, 0.6) is 0 Å². The van der Waals surface area contributed by atoms with Gasteiger partial charge in [0.15, 0.2) is 0 Å². The van der Waals surface area contributed by atoms with Crippen molar-refractivity contribution < 1.29 is 19.4 Å². The molecule has 0 spiro atoms. The van der Waals surface area contributed by atoms with Crippen molar-refractivity contribution in [1.82, 2.24) is 5.32 Å². The zero-order valence-corrected chi connectivity index (χ0v) is 11.1. The molecule has 2 N–H and O–H groups in total. The molecule has 0 aliphatic heterocycles. The first-order chi connectivity index (χ1) is 8.37. The van der Waals surface area contributed by atoms with Crippen molar-refractivity contribution in [3.05, 3.63) is 0 Å². The molecule has 2 fully saturated rings. The fourth-order valence-corrected chi connectivity index (χ4v) is 3.16. The molecule has 0 bridgehead atoms. The minimum atomic E-state index is -0.874. The highest BCUT2D eigenvalue weighted by molar-refractivity contribution is 5.91. The van der Waals surface area contributed by atoms with Crippen molar-refractivity contribution in [2.45, 2.75) is 45.3 Å². The molecule has 0 heterocycles. The summed E-state index contributed by atoms with van der Waals surface area (Å²) in [5.41, 5.74) is -0.421. The summed E-state index contributed by atoms with van der Waals surface area (Å²) in [6.45, 7) is 3.67. The van der Waals surface area contributed by atoms with Gasteiger partial charge in [-0.15, -0.1) is 0 Å². The molecule has 0 aromatic heterocycles. The van der Waals surface area contributed by atoms with Crippen molar-refractivity contribution in [2.75, 3.05) is 7.11 Å². The van der Waals surface area contributed by atoms with Crippen LogP contribution in [0.25, 0.3) is 0 Å². The van der Waals surface area contributed by atoms with Gasteiger partial charge in [-0.1, -0.05) is 13.8 Å². The average molecular weight is 255 g/mol. The third kappa shape index (κ3) is 2.23. The fourth-order valence-electron chi connectivity index (χ4n) is 3.16. The largest absolute Gasteiger partial charge is 0.481 e. The number of rotatable bonds is 4. The van der Waals surface area contributed by atoms with Gasteiger partial charge in [-0.2, -0.15) is 0 Å². The summed E-state index contributed by atoms with van der Waals surface area (Å²) >= 11 is 0. The van der Waals surface area contributed by atoms with E-state index in [-0.39, 0.29) is 18.1 Å². The second-order valence-electron chi connectivity index (χ2n) is 5.99. The van der Waals surface area contributed by atoms with Crippen molar-refractivity contribution in [3.8, 4) is 0 Å². The van der Waals surface area contributed by atoms with Crippen LogP contribution in [-0.4, -0.2) is 36.2 Å². The lowest BCUT2D eigenvalue weighted by Crippen LogP contribution is -2.35. The van der Waals surface area contributed by atoms with Crippen molar-refractivity contribution in [2.24, 2.45) is 17.3 Å². The number of hydrogen-bond acceptors (Lipinski definition) is 3. The summed E-state index contributed by atoms with van der Waals surface area (Å²) in [5.74, 6) is -1.93. The molecular weight excluding hydrogens is 234 g/mol. The van der Waals surface area contributed by atoms with E-state index in [1.807, 2.05) is 13.8 Å². The number of aliphatic carboxylic acids is 1. The average Bonchev–Trinajstić information content (AvgIpc) is 2.67. The lowest BCUT2D eigenvalue weighted by Gasteiger charge is -2.13. The quantitative estimate of drug-likeness (QED) is 0.786. The highest BCUT2D eigenvalue weighted by Gasteiger charge is 2.66. The van der Waals surface area contributed by atoms with Crippen molar-refractivity contribution >= 4 is 11.9 Å². The van der Waals surface area contributed by atoms with E-state index in [4.69, 9.17) is 9.84 Å². The minimum absolute atomic E-state index is 0.117. The van der Waals surface area contributed by atoms with E-state index in [1.165, 1.54) is 0 Å². The van der Waals surface area contributed by atoms with Crippen LogP contribution < -0.4 is 5.32 Å². The number of carbonyl (C=O) groups is 2. The Kier molecular flexibility index (Phi) is 3.36. The van der Waals surface area contributed by atoms with Gasteiger partial charge < -0.3 is 15.2 Å². The van der Waals surface area contributed by atoms with E-state index in [0.29, 0.717) is 0 Å².